The standard InChI is InChI=1S/C18H36N4O2.HI/c1-16(13-22-8-4-3-5-9-22)12-20-17(19-2)21-14-18(6-10-23)7-11-24-15-18;/h16,23H,3-15H2,1-2H3,(H2,19,20,21);1H. The molecule has 0 saturated carbocycles. The Bertz CT molecular complexity index is 383. The molecule has 0 aromatic rings. The van der Waals surface area contributed by atoms with Crippen LogP contribution in [0.4, 0.5) is 0 Å². The minimum atomic E-state index is 0. The van der Waals surface area contributed by atoms with Gasteiger partial charge in [0.2, 0.25) is 0 Å². The van der Waals surface area contributed by atoms with Crippen LogP contribution in [0.3, 0.4) is 0 Å². The van der Waals surface area contributed by atoms with Crippen LogP contribution in [-0.2, 0) is 4.74 Å². The Kier molecular flexibility index (Phi) is 11.3. The number of nitrogens with zero attached hydrogens (tertiary/aromatic N) is 2. The van der Waals surface area contributed by atoms with E-state index in [4.69, 9.17) is 4.74 Å². The number of piperidine rings is 1. The van der Waals surface area contributed by atoms with Crippen molar-refractivity contribution in [2.45, 2.75) is 39.0 Å². The van der Waals surface area contributed by atoms with Gasteiger partial charge < -0.3 is 25.4 Å². The lowest BCUT2D eigenvalue weighted by molar-refractivity contribution is 0.127. The summed E-state index contributed by atoms with van der Waals surface area (Å²) < 4.78 is 5.54. The van der Waals surface area contributed by atoms with E-state index in [-0.39, 0.29) is 36.0 Å². The highest BCUT2D eigenvalue weighted by molar-refractivity contribution is 14.0. The monoisotopic (exact) mass is 468 g/mol. The number of aliphatic hydroxyl groups excluding tert-OH is 1. The SMILES string of the molecule is CN=C(NCC(C)CN1CCCCC1)NCC1(CCO)CCOC1.I. The molecule has 6 nitrogen and oxygen atoms in total. The minimum absolute atomic E-state index is 0. The molecule has 2 saturated heterocycles. The van der Waals surface area contributed by atoms with E-state index in [0.29, 0.717) is 5.92 Å². The molecule has 3 N–H and O–H groups in total. The van der Waals surface area contributed by atoms with E-state index in [0.717, 1.165) is 51.6 Å². The highest BCUT2D eigenvalue weighted by atomic mass is 127. The number of hydrogen-bond donors (Lipinski definition) is 3. The Morgan fingerprint density at radius 1 is 1.28 bits per heavy atom. The quantitative estimate of drug-likeness (QED) is 0.288. The molecule has 148 valence electrons. The zero-order valence-electron chi connectivity index (χ0n) is 15.9. The van der Waals surface area contributed by atoms with Gasteiger partial charge in [0, 0.05) is 45.3 Å². The molecule has 0 aliphatic carbocycles. The third-order valence-corrected chi connectivity index (χ3v) is 5.32. The van der Waals surface area contributed by atoms with Gasteiger partial charge in [0.05, 0.1) is 6.61 Å². The predicted molar refractivity (Wildman–Crippen MR) is 114 cm³/mol. The van der Waals surface area contributed by atoms with Crippen LogP contribution in [0.25, 0.3) is 0 Å². The van der Waals surface area contributed by atoms with E-state index < -0.39 is 0 Å². The first-order valence-electron chi connectivity index (χ1n) is 9.53. The first kappa shape index (κ1) is 22.9. The maximum atomic E-state index is 9.31. The maximum absolute atomic E-state index is 9.31. The number of aliphatic hydroxyl groups is 1. The molecule has 2 unspecified atom stereocenters. The van der Waals surface area contributed by atoms with Crippen LogP contribution in [0, 0.1) is 11.3 Å². The second kappa shape index (κ2) is 12.3. The summed E-state index contributed by atoms with van der Waals surface area (Å²) in [7, 11) is 1.81. The van der Waals surface area contributed by atoms with Crippen molar-refractivity contribution in [3.63, 3.8) is 0 Å². The van der Waals surface area contributed by atoms with Crippen molar-refractivity contribution in [2.24, 2.45) is 16.3 Å². The molecular formula is C18H37IN4O2. The lowest BCUT2D eigenvalue weighted by Crippen LogP contribution is -2.46. The largest absolute Gasteiger partial charge is 0.396 e. The van der Waals surface area contributed by atoms with E-state index in [1.807, 2.05) is 7.05 Å². The highest BCUT2D eigenvalue weighted by Crippen LogP contribution is 2.31. The smallest absolute Gasteiger partial charge is 0.191 e. The number of halogens is 1. The van der Waals surface area contributed by atoms with Gasteiger partial charge in [-0.05, 0) is 44.7 Å². The van der Waals surface area contributed by atoms with Gasteiger partial charge in [-0.1, -0.05) is 13.3 Å². The van der Waals surface area contributed by atoms with Crippen molar-refractivity contribution in [2.75, 3.05) is 59.6 Å². The Labute approximate surface area is 170 Å². The Morgan fingerprint density at radius 3 is 2.64 bits per heavy atom. The van der Waals surface area contributed by atoms with Crippen molar-refractivity contribution in [3.8, 4) is 0 Å². The van der Waals surface area contributed by atoms with Crippen LogP contribution in [0.1, 0.15) is 39.0 Å². The summed E-state index contributed by atoms with van der Waals surface area (Å²) in [6.07, 6.45) is 5.86. The summed E-state index contributed by atoms with van der Waals surface area (Å²) in [6.45, 7) is 9.42. The molecule has 0 aromatic carbocycles. The Hall–Kier alpha value is -0.120. The second-order valence-corrected chi connectivity index (χ2v) is 7.55. The summed E-state index contributed by atoms with van der Waals surface area (Å²) in [4.78, 5) is 6.92. The van der Waals surface area contributed by atoms with E-state index >= 15 is 0 Å². The van der Waals surface area contributed by atoms with Gasteiger partial charge in [-0.25, -0.2) is 0 Å². The van der Waals surface area contributed by atoms with Crippen LogP contribution in [0.2, 0.25) is 0 Å². The fourth-order valence-electron chi connectivity index (χ4n) is 3.72. The van der Waals surface area contributed by atoms with E-state index in [1.54, 1.807) is 0 Å². The number of likely N-dealkylation sites (tertiary alicyclic amines) is 1. The van der Waals surface area contributed by atoms with Crippen LogP contribution in [-0.4, -0.2) is 75.6 Å². The molecule has 2 heterocycles. The van der Waals surface area contributed by atoms with Crippen molar-refractivity contribution >= 4 is 29.9 Å². The summed E-state index contributed by atoms with van der Waals surface area (Å²) in [5.74, 6) is 1.45. The molecule has 2 aliphatic rings. The second-order valence-electron chi connectivity index (χ2n) is 7.55. The molecule has 0 spiro atoms. The summed E-state index contributed by atoms with van der Waals surface area (Å²) in [6, 6.07) is 0. The molecule has 7 heteroatoms. The van der Waals surface area contributed by atoms with E-state index in [1.165, 1.54) is 32.4 Å². The third-order valence-electron chi connectivity index (χ3n) is 5.32. The normalized spacial score (nSPS) is 26.1. The molecule has 2 aliphatic heterocycles. The predicted octanol–water partition coefficient (Wildman–Crippen LogP) is 1.68. The third kappa shape index (κ3) is 7.97. The van der Waals surface area contributed by atoms with Crippen LogP contribution >= 0.6 is 24.0 Å². The summed E-state index contributed by atoms with van der Waals surface area (Å²) in [5.41, 5.74) is 0.0474. The van der Waals surface area contributed by atoms with Crippen molar-refractivity contribution < 1.29 is 9.84 Å². The zero-order chi connectivity index (χ0) is 17.3. The van der Waals surface area contributed by atoms with Gasteiger partial charge in [0.1, 0.15) is 0 Å². The molecular weight excluding hydrogens is 431 g/mol. The highest BCUT2D eigenvalue weighted by Gasteiger charge is 2.34. The van der Waals surface area contributed by atoms with Crippen molar-refractivity contribution in [3.05, 3.63) is 0 Å². The Morgan fingerprint density at radius 2 is 2.04 bits per heavy atom. The lowest BCUT2D eigenvalue weighted by atomic mass is 9.84. The topological polar surface area (TPSA) is 69.1 Å². The van der Waals surface area contributed by atoms with E-state index in [2.05, 4.69) is 27.4 Å². The van der Waals surface area contributed by atoms with Crippen LogP contribution < -0.4 is 10.6 Å². The van der Waals surface area contributed by atoms with Crippen LogP contribution in [0.5, 0.6) is 0 Å². The Balaban J connectivity index is 0.00000312. The van der Waals surface area contributed by atoms with Gasteiger partial charge in [0.15, 0.2) is 5.96 Å². The zero-order valence-corrected chi connectivity index (χ0v) is 18.3. The summed E-state index contributed by atoms with van der Waals surface area (Å²) >= 11 is 0. The molecule has 2 rings (SSSR count). The lowest BCUT2D eigenvalue weighted by Gasteiger charge is -2.30. The number of hydrogen-bond acceptors (Lipinski definition) is 4. The maximum Gasteiger partial charge on any atom is 0.191 e. The van der Waals surface area contributed by atoms with Gasteiger partial charge >= 0.3 is 0 Å². The average molecular weight is 468 g/mol. The van der Waals surface area contributed by atoms with Crippen molar-refractivity contribution in [1.29, 1.82) is 0 Å². The number of guanidine groups is 1. The van der Waals surface area contributed by atoms with Crippen molar-refractivity contribution in [1.82, 2.24) is 15.5 Å². The molecule has 0 radical (unpaired) electrons. The van der Waals surface area contributed by atoms with Gasteiger partial charge in [-0.3, -0.25) is 4.99 Å². The molecule has 0 bridgehead atoms. The molecule has 0 amide bonds. The number of nitrogens with one attached hydrogen (secondary N) is 2. The number of ether oxygens (including phenoxy) is 1. The van der Waals surface area contributed by atoms with Gasteiger partial charge in [-0.15, -0.1) is 24.0 Å². The number of aliphatic imine (C=N–C) groups is 1. The van der Waals surface area contributed by atoms with Gasteiger partial charge in [0.25, 0.3) is 0 Å². The summed E-state index contributed by atoms with van der Waals surface area (Å²) in [5, 5.41) is 16.2. The fourth-order valence-corrected chi connectivity index (χ4v) is 3.72. The molecule has 25 heavy (non-hydrogen) atoms. The molecule has 0 aromatic heterocycles. The minimum Gasteiger partial charge on any atom is -0.396 e. The van der Waals surface area contributed by atoms with E-state index in [9.17, 15) is 5.11 Å². The fraction of sp³-hybridized carbons (Fsp3) is 0.944. The van der Waals surface area contributed by atoms with Crippen LogP contribution in [0.15, 0.2) is 4.99 Å². The van der Waals surface area contributed by atoms with Gasteiger partial charge in [-0.2, -0.15) is 0 Å². The average Bonchev–Trinajstić information content (AvgIpc) is 3.05. The molecule has 2 fully saturated rings. The first-order valence-corrected chi connectivity index (χ1v) is 9.53. The number of rotatable bonds is 8. The molecule has 2 atom stereocenters. The first-order chi connectivity index (χ1) is 11.7.